The van der Waals surface area contributed by atoms with E-state index in [4.69, 9.17) is 0 Å². The molecule has 0 spiro atoms. The Balaban J connectivity index is 2.31. The number of likely N-dealkylation sites (N-methyl/N-ethyl adjacent to an activating group) is 1. The van der Waals surface area contributed by atoms with Gasteiger partial charge in [0.15, 0.2) is 0 Å². The molecule has 0 aromatic heterocycles. The second-order valence-electron chi connectivity index (χ2n) is 3.36. The maximum Gasteiger partial charge on any atom is 0.222 e. The largest absolute Gasteiger partial charge is 0.341 e. The molecule has 1 fully saturated rings. The molecular weight excluding hydrogens is 152 g/mol. The molecule has 1 rings (SSSR count). The smallest absolute Gasteiger partial charge is 0.222 e. The summed E-state index contributed by atoms with van der Waals surface area (Å²) in [4.78, 5) is 13.4. The lowest BCUT2D eigenvalue weighted by Crippen LogP contribution is -2.33. The molecule has 1 N–H and O–H groups in total. The average molecular weight is 170 g/mol. The van der Waals surface area contributed by atoms with Crippen LogP contribution in [0.4, 0.5) is 0 Å². The molecule has 1 aliphatic heterocycles. The molecule has 3 nitrogen and oxygen atoms in total. The van der Waals surface area contributed by atoms with E-state index in [1.54, 1.807) is 0 Å². The van der Waals surface area contributed by atoms with Crippen LogP contribution in [0, 0.1) is 0 Å². The lowest BCUT2D eigenvalue weighted by Gasteiger charge is -2.15. The van der Waals surface area contributed by atoms with Crippen LogP contribution in [0.3, 0.4) is 0 Å². The second-order valence-corrected chi connectivity index (χ2v) is 3.36. The van der Waals surface area contributed by atoms with Crippen molar-refractivity contribution in [3.8, 4) is 0 Å². The highest BCUT2D eigenvalue weighted by molar-refractivity contribution is 5.76. The highest BCUT2D eigenvalue weighted by Crippen LogP contribution is 2.10. The number of carbonyl (C=O) groups excluding carboxylic acids is 1. The molecule has 12 heavy (non-hydrogen) atoms. The summed E-state index contributed by atoms with van der Waals surface area (Å²) in [6, 6.07) is 0.519. The first-order chi connectivity index (χ1) is 5.77. The normalized spacial score (nSPS) is 23.2. The molecule has 0 bridgehead atoms. The Morgan fingerprint density at radius 3 is 2.92 bits per heavy atom. The van der Waals surface area contributed by atoms with Crippen molar-refractivity contribution in [2.75, 3.05) is 20.1 Å². The predicted molar refractivity (Wildman–Crippen MR) is 49.0 cm³/mol. The number of amides is 1. The van der Waals surface area contributed by atoms with Gasteiger partial charge in [-0.15, -0.1) is 0 Å². The van der Waals surface area contributed by atoms with Crippen molar-refractivity contribution in [2.24, 2.45) is 0 Å². The van der Waals surface area contributed by atoms with Gasteiger partial charge in [-0.25, -0.2) is 0 Å². The van der Waals surface area contributed by atoms with Gasteiger partial charge < -0.3 is 10.2 Å². The number of hydrogen-bond donors (Lipinski definition) is 1. The van der Waals surface area contributed by atoms with Crippen molar-refractivity contribution >= 4 is 5.91 Å². The van der Waals surface area contributed by atoms with E-state index in [2.05, 4.69) is 5.32 Å². The lowest BCUT2D eigenvalue weighted by atomic mass is 10.3. The van der Waals surface area contributed by atoms with Gasteiger partial charge >= 0.3 is 0 Å². The predicted octanol–water partition coefficient (Wildman–Crippen LogP) is 0.607. The monoisotopic (exact) mass is 170 g/mol. The van der Waals surface area contributed by atoms with Crippen LogP contribution < -0.4 is 5.32 Å². The number of nitrogens with one attached hydrogen (secondary N) is 1. The number of hydrogen-bond acceptors (Lipinski definition) is 2. The van der Waals surface area contributed by atoms with Gasteiger partial charge in [0.2, 0.25) is 5.91 Å². The van der Waals surface area contributed by atoms with E-state index in [0.29, 0.717) is 18.4 Å². The van der Waals surface area contributed by atoms with Gasteiger partial charge in [0.1, 0.15) is 0 Å². The first kappa shape index (κ1) is 9.52. The molecule has 1 unspecified atom stereocenters. The first-order valence-corrected chi connectivity index (χ1v) is 4.73. The van der Waals surface area contributed by atoms with Crippen molar-refractivity contribution in [3.63, 3.8) is 0 Å². The van der Waals surface area contributed by atoms with Crippen LogP contribution in [0.25, 0.3) is 0 Å². The molecule has 1 aliphatic rings. The molecule has 0 saturated carbocycles. The van der Waals surface area contributed by atoms with E-state index in [9.17, 15) is 4.79 Å². The van der Waals surface area contributed by atoms with Crippen LogP contribution in [-0.4, -0.2) is 37.0 Å². The SMILES string of the molecule is CCCC(=O)N1CCC(NC)C1. The number of carbonyl (C=O) groups is 1. The van der Waals surface area contributed by atoms with Crippen LogP contribution in [0.5, 0.6) is 0 Å². The second kappa shape index (κ2) is 4.45. The molecule has 1 amide bonds. The minimum absolute atomic E-state index is 0.315. The molecule has 1 atom stereocenters. The standard InChI is InChI=1S/C9H18N2O/c1-3-4-9(12)11-6-5-8(7-11)10-2/h8,10H,3-7H2,1-2H3. The van der Waals surface area contributed by atoms with Gasteiger partial charge in [0, 0.05) is 25.6 Å². The Morgan fingerprint density at radius 1 is 1.67 bits per heavy atom. The summed E-state index contributed by atoms with van der Waals surface area (Å²) < 4.78 is 0. The highest BCUT2D eigenvalue weighted by Gasteiger charge is 2.23. The molecule has 0 aromatic carbocycles. The van der Waals surface area contributed by atoms with Gasteiger partial charge in [-0.1, -0.05) is 6.92 Å². The fraction of sp³-hybridized carbons (Fsp3) is 0.889. The van der Waals surface area contributed by atoms with Gasteiger partial charge in [-0.3, -0.25) is 4.79 Å². The first-order valence-electron chi connectivity index (χ1n) is 4.73. The Labute approximate surface area is 74.1 Å². The number of nitrogens with zero attached hydrogens (tertiary/aromatic N) is 1. The zero-order valence-electron chi connectivity index (χ0n) is 7.97. The highest BCUT2D eigenvalue weighted by atomic mass is 16.2. The maximum absolute atomic E-state index is 11.4. The summed E-state index contributed by atoms with van der Waals surface area (Å²) in [5.74, 6) is 0.315. The Morgan fingerprint density at radius 2 is 2.42 bits per heavy atom. The van der Waals surface area contributed by atoms with Gasteiger partial charge in [0.05, 0.1) is 0 Å². The number of likely N-dealkylation sites (tertiary alicyclic amines) is 1. The minimum atomic E-state index is 0.315. The van der Waals surface area contributed by atoms with E-state index in [0.717, 1.165) is 25.9 Å². The third kappa shape index (κ3) is 2.21. The molecule has 0 aliphatic carbocycles. The topological polar surface area (TPSA) is 32.3 Å². The Hall–Kier alpha value is -0.570. The van der Waals surface area contributed by atoms with Crippen molar-refractivity contribution < 1.29 is 4.79 Å². The minimum Gasteiger partial charge on any atom is -0.341 e. The Kier molecular flexibility index (Phi) is 3.53. The van der Waals surface area contributed by atoms with Gasteiger partial charge in [0.25, 0.3) is 0 Å². The summed E-state index contributed by atoms with van der Waals surface area (Å²) in [5.41, 5.74) is 0. The van der Waals surface area contributed by atoms with Crippen LogP contribution in [0.1, 0.15) is 26.2 Å². The average Bonchev–Trinajstić information content (AvgIpc) is 2.52. The molecule has 0 radical (unpaired) electrons. The fourth-order valence-electron chi connectivity index (χ4n) is 1.59. The van der Waals surface area contributed by atoms with Crippen molar-refractivity contribution in [1.82, 2.24) is 10.2 Å². The maximum atomic E-state index is 11.4. The van der Waals surface area contributed by atoms with Crippen molar-refractivity contribution in [1.29, 1.82) is 0 Å². The summed E-state index contributed by atoms with van der Waals surface area (Å²) in [6.45, 7) is 3.88. The zero-order valence-corrected chi connectivity index (χ0v) is 7.97. The van der Waals surface area contributed by atoms with Crippen LogP contribution in [0.2, 0.25) is 0 Å². The van der Waals surface area contributed by atoms with Crippen molar-refractivity contribution in [3.05, 3.63) is 0 Å². The summed E-state index contributed by atoms with van der Waals surface area (Å²) in [6.07, 6.45) is 2.77. The summed E-state index contributed by atoms with van der Waals surface area (Å²) >= 11 is 0. The molecule has 0 aromatic rings. The molecule has 70 valence electrons. The summed E-state index contributed by atoms with van der Waals surface area (Å²) in [5, 5.41) is 3.20. The molecule has 3 heteroatoms. The van der Waals surface area contributed by atoms with E-state index in [1.807, 2.05) is 18.9 Å². The van der Waals surface area contributed by atoms with Crippen molar-refractivity contribution in [2.45, 2.75) is 32.2 Å². The summed E-state index contributed by atoms with van der Waals surface area (Å²) in [7, 11) is 1.96. The van der Waals surface area contributed by atoms with E-state index in [-0.39, 0.29) is 0 Å². The van der Waals surface area contributed by atoms with E-state index < -0.39 is 0 Å². The van der Waals surface area contributed by atoms with E-state index >= 15 is 0 Å². The van der Waals surface area contributed by atoms with Gasteiger partial charge in [-0.05, 0) is 19.9 Å². The third-order valence-corrected chi connectivity index (χ3v) is 2.41. The van der Waals surface area contributed by atoms with E-state index in [1.165, 1.54) is 0 Å². The fourth-order valence-corrected chi connectivity index (χ4v) is 1.59. The van der Waals surface area contributed by atoms with Crippen LogP contribution in [0.15, 0.2) is 0 Å². The number of rotatable bonds is 3. The molecular formula is C9H18N2O. The lowest BCUT2D eigenvalue weighted by molar-refractivity contribution is -0.130. The third-order valence-electron chi connectivity index (χ3n) is 2.41. The molecule has 1 heterocycles. The van der Waals surface area contributed by atoms with Crippen LogP contribution in [-0.2, 0) is 4.79 Å². The quantitative estimate of drug-likeness (QED) is 0.673. The molecule has 1 saturated heterocycles. The Bertz CT molecular complexity index is 159. The zero-order chi connectivity index (χ0) is 8.97. The van der Waals surface area contributed by atoms with Crippen LogP contribution >= 0.6 is 0 Å². The van der Waals surface area contributed by atoms with Gasteiger partial charge in [-0.2, -0.15) is 0 Å².